The molecule has 0 atom stereocenters. The second-order valence-electron chi connectivity index (χ2n) is 6.70. The Morgan fingerprint density at radius 1 is 1.03 bits per heavy atom. The molecule has 0 bridgehead atoms. The maximum Gasteiger partial charge on any atom is 0.273 e. The molecule has 0 unspecified atom stereocenters. The molecule has 3 heterocycles. The fourth-order valence-corrected chi connectivity index (χ4v) is 3.07. The number of nitrogens with zero attached hydrogens (tertiary/aromatic N) is 5. The van der Waals surface area contributed by atoms with E-state index in [0.717, 1.165) is 23.2 Å². The molecular weight excluding hydrogens is 376 g/mol. The van der Waals surface area contributed by atoms with Crippen LogP contribution in [0.2, 0.25) is 0 Å². The van der Waals surface area contributed by atoms with Gasteiger partial charge in [0.05, 0.1) is 17.0 Å². The van der Waals surface area contributed by atoms with Gasteiger partial charge < -0.3 is 15.3 Å². The van der Waals surface area contributed by atoms with E-state index >= 15 is 0 Å². The molecule has 0 aliphatic rings. The standard InChI is InChI=1S/C23H20N6O/c1-25-22-13-21(18(15-27-22)19-9-8-16(10-11-24)14-26-19)30-23-12-20(28-29(23)2)17-6-4-3-5-7-17/h3-9,12-15H,10-11,24H2,2H3. The molecule has 0 fully saturated rings. The number of pyridine rings is 2. The van der Waals surface area contributed by atoms with E-state index in [-0.39, 0.29) is 5.82 Å². The van der Waals surface area contributed by atoms with Crippen molar-refractivity contribution in [2.45, 2.75) is 6.42 Å². The molecule has 3 aromatic heterocycles. The Morgan fingerprint density at radius 2 is 1.87 bits per heavy atom. The first-order valence-corrected chi connectivity index (χ1v) is 9.48. The van der Waals surface area contributed by atoms with Crippen molar-refractivity contribution in [2.75, 3.05) is 6.54 Å². The van der Waals surface area contributed by atoms with Crippen molar-refractivity contribution in [3.63, 3.8) is 0 Å². The minimum Gasteiger partial charge on any atom is -0.440 e. The van der Waals surface area contributed by atoms with Crippen molar-refractivity contribution in [3.8, 4) is 34.1 Å². The summed E-state index contributed by atoms with van der Waals surface area (Å²) in [5, 5.41) is 4.54. The lowest BCUT2D eigenvalue weighted by Crippen LogP contribution is -2.03. The molecule has 30 heavy (non-hydrogen) atoms. The number of rotatable bonds is 6. The van der Waals surface area contributed by atoms with Crippen LogP contribution in [-0.2, 0) is 13.5 Å². The molecule has 0 aliphatic heterocycles. The van der Waals surface area contributed by atoms with Gasteiger partial charge in [-0.3, -0.25) is 4.98 Å². The van der Waals surface area contributed by atoms with Gasteiger partial charge in [0.15, 0.2) is 0 Å². The highest BCUT2D eigenvalue weighted by Gasteiger charge is 2.16. The lowest BCUT2D eigenvalue weighted by molar-refractivity contribution is 0.432. The SMILES string of the molecule is [C-]#[N+]c1cc(Oc2cc(-c3ccccc3)nn2C)c(-c2ccc(CCN)cn2)cn1. The van der Waals surface area contributed by atoms with Crippen molar-refractivity contribution < 1.29 is 4.74 Å². The number of aromatic nitrogens is 4. The van der Waals surface area contributed by atoms with Gasteiger partial charge in [-0.05, 0) is 24.6 Å². The van der Waals surface area contributed by atoms with E-state index in [4.69, 9.17) is 17.0 Å². The summed E-state index contributed by atoms with van der Waals surface area (Å²) < 4.78 is 7.84. The van der Waals surface area contributed by atoms with Crippen LogP contribution in [0.3, 0.4) is 0 Å². The molecule has 0 saturated heterocycles. The second kappa shape index (κ2) is 8.55. The Kier molecular flexibility index (Phi) is 5.50. The quantitative estimate of drug-likeness (QED) is 0.489. The van der Waals surface area contributed by atoms with Gasteiger partial charge in [0, 0.05) is 30.9 Å². The Balaban J connectivity index is 1.70. The van der Waals surface area contributed by atoms with Gasteiger partial charge in [-0.25, -0.2) is 4.68 Å². The molecule has 0 radical (unpaired) electrons. The first-order chi connectivity index (χ1) is 14.7. The number of hydrogen-bond acceptors (Lipinski definition) is 5. The minimum atomic E-state index is 0.249. The summed E-state index contributed by atoms with van der Waals surface area (Å²) in [4.78, 5) is 12.1. The zero-order valence-corrected chi connectivity index (χ0v) is 16.5. The van der Waals surface area contributed by atoms with Gasteiger partial charge in [-0.2, -0.15) is 5.10 Å². The highest BCUT2D eigenvalue weighted by atomic mass is 16.5. The number of aryl methyl sites for hydroxylation is 1. The molecule has 7 nitrogen and oxygen atoms in total. The second-order valence-corrected chi connectivity index (χ2v) is 6.70. The van der Waals surface area contributed by atoms with Gasteiger partial charge in [0.25, 0.3) is 5.82 Å². The van der Waals surface area contributed by atoms with E-state index in [1.165, 1.54) is 0 Å². The van der Waals surface area contributed by atoms with Crippen LogP contribution < -0.4 is 10.5 Å². The van der Waals surface area contributed by atoms with Crippen LogP contribution in [0.15, 0.2) is 67.0 Å². The zero-order chi connectivity index (χ0) is 20.9. The molecule has 0 amide bonds. The van der Waals surface area contributed by atoms with Crippen LogP contribution in [0, 0.1) is 6.57 Å². The van der Waals surface area contributed by atoms with Gasteiger partial charge in [0.2, 0.25) is 5.88 Å². The fraction of sp³-hybridized carbons (Fsp3) is 0.130. The molecular formula is C23H20N6O. The Morgan fingerprint density at radius 3 is 2.57 bits per heavy atom. The van der Waals surface area contributed by atoms with E-state index in [0.29, 0.717) is 29.4 Å². The lowest BCUT2D eigenvalue weighted by Gasteiger charge is -2.10. The first-order valence-electron chi connectivity index (χ1n) is 9.48. The molecule has 4 rings (SSSR count). The summed E-state index contributed by atoms with van der Waals surface area (Å²) in [5.74, 6) is 1.30. The monoisotopic (exact) mass is 396 g/mol. The van der Waals surface area contributed by atoms with Crippen LogP contribution >= 0.6 is 0 Å². The van der Waals surface area contributed by atoms with Crippen LogP contribution in [-0.4, -0.2) is 26.3 Å². The van der Waals surface area contributed by atoms with Gasteiger partial charge in [0.1, 0.15) is 11.9 Å². The van der Waals surface area contributed by atoms with E-state index in [1.54, 1.807) is 23.1 Å². The minimum absolute atomic E-state index is 0.249. The lowest BCUT2D eigenvalue weighted by atomic mass is 10.1. The van der Waals surface area contributed by atoms with Gasteiger partial charge in [-0.15, -0.1) is 4.98 Å². The molecule has 0 saturated carbocycles. The van der Waals surface area contributed by atoms with Crippen LogP contribution in [0.5, 0.6) is 11.6 Å². The van der Waals surface area contributed by atoms with Crippen molar-refractivity contribution in [2.24, 2.45) is 12.8 Å². The highest BCUT2D eigenvalue weighted by molar-refractivity contribution is 5.69. The largest absolute Gasteiger partial charge is 0.440 e. The van der Waals surface area contributed by atoms with Crippen molar-refractivity contribution in [1.82, 2.24) is 19.7 Å². The molecule has 4 aromatic rings. The summed E-state index contributed by atoms with van der Waals surface area (Å²) in [6, 6.07) is 17.3. The summed E-state index contributed by atoms with van der Waals surface area (Å²) in [7, 11) is 1.82. The summed E-state index contributed by atoms with van der Waals surface area (Å²) in [6.07, 6.45) is 4.18. The number of hydrogen-bond donors (Lipinski definition) is 1. The highest BCUT2D eigenvalue weighted by Crippen LogP contribution is 2.35. The fourth-order valence-electron chi connectivity index (χ4n) is 3.07. The van der Waals surface area contributed by atoms with Crippen molar-refractivity contribution >= 4 is 5.82 Å². The molecule has 148 valence electrons. The number of ether oxygens (including phenoxy) is 1. The maximum atomic E-state index is 7.29. The predicted octanol–water partition coefficient (Wildman–Crippen LogP) is 4.39. The summed E-state index contributed by atoms with van der Waals surface area (Å²) >= 11 is 0. The molecule has 7 heteroatoms. The molecule has 2 N–H and O–H groups in total. The number of nitrogens with two attached hydrogens (primary N) is 1. The van der Waals surface area contributed by atoms with Crippen LogP contribution in [0.4, 0.5) is 5.82 Å². The third-order valence-electron chi connectivity index (χ3n) is 4.62. The van der Waals surface area contributed by atoms with Gasteiger partial charge >= 0.3 is 0 Å². The third-order valence-corrected chi connectivity index (χ3v) is 4.62. The van der Waals surface area contributed by atoms with Crippen LogP contribution in [0.1, 0.15) is 5.56 Å². The van der Waals surface area contributed by atoms with Gasteiger partial charge in [-0.1, -0.05) is 43.0 Å². The Hall–Kier alpha value is -4.02. The first kappa shape index (κ1) is 19.3. The zero-order valence-electron chi connectivity index (χ0n) is 16.5. The normalized spacial score (nSPS) is 10.6. The van der Waals surface area contributed by atoms with E-state index in [9.17, 15) is 0 Å². The maximum absolute atomic E-state index is 7.29. The number of benzene rings is 1. The average molecular weight is 396 g/mol. The predicted molar refractivity (Wildman–Crippen MR) is 115 cm³/mol. The van der Waals surface area contributed by atoms with Crippen LogP contribution in [0.25, 0.3) is 27.4 Å². The third kappa shape index (κ3) is 4.04. The summed E-state index contributed by atoms with van der Waals surface area (Å²) in [5.41, 5.74) is 9.89. The average Bonchev–Trinajstić information content (AvgIpc) is 3.15. The molecule has 0 aliphatic carbocycles. The Labute approximate surface area is 174 Å². The smallest absolute Gasteiger partial charge is 0.273 e. The van der Waals surface area contributed by atoms with E-state index in [1.807, 2.05) is 55.6 Å². The van der Waals surface area contributed by atoms with Crippen molar-refractivity contribution in [3.05, 3.63) is 84.0 Å². The summed E-state index contributed by atoms with van der Waals surface area (Å²) in [6.45, 7) is 7.86. The van der Waals surface area contributed by atoms with Crippen molar-refractivity contribution in [1.29, 1.82) is 0 Å². The molecule has 0 spiro atoms. The topological polar surface area (TPSA) is 83.2 Å². The van der Waals surface area contributed by atoms with E-state index in [2.05, 4.69) is 19.9 Å². The molecule has 1 aromatic carbocycles. The van der Waals surface area contributed by atoms with E-state index < -0.39 is 0 Å². The Bertz CT molecular complexity index is 1190.